The first-order valence-electron chi connectivity index (χ1n) is 7.19. The standard InChI is InChI=1S/C16H22N4O/c1-4-20-15(9-11(2)19-20)16(21)18-12(3)14-7-5-13(10-17)6-8-14/h5-9,12H,4,10,17H2,1-3H3,(H,18,21). The normalized spacial score (nSPS) is 12.2. The molecule has 0 fully saturated rings. The van der Waals surface area contributed by atoms with Crippen molar-refractivity contribution >= 4 is 5.91 Å². The number of amides is 1. The van der Waals surface area contributed by atoms with E-state index in [-0.39, 0.29) is 11.9 Å². The number of benzene rings is 1. The molecule has 0 aliphatic heterocycles. The van der Waals surface area contributed by atoms with E-state index in [1.54, 1.807) is 4.68 Å². The fraction of sp³-hybridized carbons (Fsp3) is 0.375. The van der Waals surface area contributed by atoms with Crippen molar-refractivity contribution in [2.45, 2.75) is 39.9 Å². The fourth-order valence-corrected chi connectivity index (χ4v) is 2.27. The Hall–Kier alpha value is -2.14. The molecule has 5 heteroatoms. The summed E-state index contributed by atoms with van der Waals surface area (Å²) in [5.41, 5.74) is 9.17. The van der Waals surface area contributed by atoms with Gasteiger partial charge >= 0.3 is 0 Å². The quantitative estimate of drug-likeness (QED) is 0.884. The van der Waals surface area contributed by atoms with Gasteiger partial charge in [0.15, 0.2) is 0 Å². The van der Waals surface area contributed by atoms with Crippen LogP contribution in [0.4, 0.5) is 0 Å². The highest BCUT2D eigenvalue weighted by molar-refractivity contribution is 5.92. The second kappa shape index (κ2) is 6.54. The van der Waals surface area contributed by atoms with Crippen LogP contribution in [0.5, 0.6) is 0 Å². The van der Waals surface area contributed by atoms with Crippen LogP contribution in [0.15, 0.2) is 30.3 Å². The van der Waals surface area contributed by atoms with Crippen molar-refractivity contribution in [2.24, 2.45) is 5.73 Å². The molecule has 2 rings (SSSR count). The van der Waals surface area contributed by atoms with Gasteiger partial charge in [0.05, 0.1) is 11.7 Å². The second-order valence-corrected chi connectivity index (χ2v) is 5.13. The number of nitrogens with two attached hydrogens (primary N) is 1. The molecule has 0 aliphatic carbocycles. The molecular weight excluding hydrogens is 264 g/mol. The van der Waals surface area contributed by atoms with Gasteiger partial charge in [-0.15, -0.1) is 0 Å². The number of carbonyl (C=O) groups excluding carboxylic acids is 1. The van der Waals surface area contributed by atoms with E-state index in [9.17, 15) is 4.79 Å². The van der Waals surface area contributed by atoms with Gasteiger partial charge in [-0.1, -0.05) is 24.3 Å². The minimum absolute atomic E-state index is 0.0650. The molecule has 1 heterocycles. The molecule has 1 unspecified atom stereocenters. The molecule has 2 aromatic rings. The van der Waals surface area contributed by atoms with Crippen molar-refractivity contribution in [3.05, 3.63) is 52.8 Å². The van der Waals surface area contributed by atoms with E-state index in [0.29, 0.717) is 18.8 Å². The Labute approximate surface area is 125 Å². The number of aromatic nitrogens is 2. The van der Waals surface area contributed by atoms with Crippen molar-refractivity contribution in [1.29, 1.82) is 0 Å². The van der Waals surface area contributed by atoms with E-state index in [4.69, 9.17) is 5.73 Å². The maximum Gasteiger partial charge on any atom is 0.270 e. The molecule has 1 aromatic carbocycles. The third kappa shape index (κ3) is 3.49. The number of nitrogens with one attached hydrogen (secondary N) is 1. The van der Waals surface area contributed by atoms with Crippen LogP contribution in [0.3, 0.4) is 0 Å². The van der Waals surface area contributed by atoms with E-state index >= 15 is 0 Å². The zero-order valence-electron chi connectivity index (χ0n) is 12.8. The maximum atomic E-state index is 12.4. The van der Waals surface area contributed by atoms with Crippen LogP contribution in [0.25, 0.3) is 0 Å². The van der Waals surface area contributed by atoms with E-state index in [1.807, 2.05) is 51.1 Å². The molecule has 0 bridgehead atoms. The number of aryl methyl sites for hydroxylation is 2. The third-order valence-corrected chi connectivity index (χ3v) is 3.50. The zero-order chi connectivity index (χ0) is 15.4. The maximum absolute atomic E-state index is 12.4. The van der Waals surface area contributed by atoms with E-state index < -0.39 is 0 Å². The molecule has 1 atom stereocenters. The Morgan fingerprint density at radius 2 is 2.05 bits per heavy atom. The summed E-state index contributed by atoms with van der Waals surface area (Å²) in [5.74, 6) is -0.104. The summed E-state index contributed by atoms with van der Waals surface area (Å²) in [6, 6.07) is 9.70. The van der Waals surface area contributed by atoms with Crippen LogP contribution in [-0.2, 0) is 13.1 Å². The highest BCUT2D eigenvalue weighted by atomic mass is 16.2. The smallest absolute Gasteiger partial charge is 0.270 e. The van der Waals surface area contributed by atoms with Crippen LogP contribution in [-0.4, -0.2) is 15.7 Å². The summed E-state index contributed by atoms with van der Waals surface area (Å²) >= 11 is 0. The van der Waals surface area contributed by atoms with Gasteiger partial charge in [-0.25, -0.2) is 0 Å². The summed E-state index contributed by atoms with van der Waals surface area (Å²) in [5, 5.41) is 7.30. The summed E-state index contributed by atoms with van der Waals surface area (Å²) < 4.78 is 1.72. The van der Waals surface area contributed by atoms with Crippen LogP contribution >= 0.6 is 0 Å². The summed E-state index contributed by atoms with van der Waals surface area (Å²) in [7, 11) is 0. The molecule has 112 valence electrons. The van der Waals surface area contributed by atoms with Gasteiger partial charge in [-0.2, -0.15) is 5.10 Å². The van der Waals surface area contributed by atoms with Crippen LogP contribution in [0.1, 0.15) is 47.2 Å². The number of hydrogen-bond acceptors (Lipinski definition) is 3. The molecule has 0 radical (unpaired) electrons. The Morgan fingerprint density at radius 3 is 2.62 bits per heavy atom. The third-order valence-electron chi connectivity index (χ3n) is 3.50. The van der Waals surface area contributed by atoms with Crippen molar-refractivity contribution < 1.29 is 4.79 Å². The highest BCUT2D eigenvalue weighted by Gasteiger charge is 2.16. The number of rotatable bonds is 5. The van der Waals surface area contributed by atoms with Crippen LogP contribution in [0.2, 0.25) is 0 Å². The average molecular weight is 286 g/mol. The van der Waals surface area contributed by atoms with E-state index in [1.165, 1.54) is 0 Å². The van der Waals surface area contributed by atoms with Crippen molar-refractivity contribution in [3.8, 4) is 0 Å². The van der Waals surface area contributed by atoms with Crippen LogP contribution in [0, 0.1) is 6.92 Å². The molecule has 0 saturated carbocycles. The van der Waals surface area contributed by atoms with Gasteiger partial charge in [0.1, 0.15) is 5.69 Å². The number of nitrogens with zero attached hydrogens (tertiary/aromatic N) is 2. The van der Waals surface area contributed by atoms with Gasteiger partial charge in [0, 0.05) is 13.1 Å². The van der Waals surface area contributed by atoms with Gasteiger partial charge in [0.25, 0.3) is 5.91 Å². The molecule has 0 aliphatic rings. The van der Waals surface area contributed by atoms with Gasteiger partial charge in [-0.3, -0.25) is 9.48 Å². The van der Waals surface area contributed by atoms with E-state index in [2.05, 4.69) is 10.4 Å². The fourth-order valence-electron chi connectivity index (χ4n) is 2.27. The Kier molecular flexibility index (Phi) is 4.75. The van der Waals surface area contributed by atoms with Crippen LogP contribution < -0.4 is 11.1 Å². The number of carbonyl (C=O) groups is 1. The summed E-state index contributed by atoms with van der Waals surface area (Å²) in [6.07, 6.45) is 0. The second-order valence-electron chi connectivity index (χ2n) is 5.13. The van der Waals surface area contributed by atoms with Crippen molar-refractivity contribution in [3.63, 3.8) is 0 Å². The van der Waals surface area contributed by atoms with Gasteiger partial charge in [-0.05, 0) is 38.0 Å². The minimum atomic E-state index is -0.104. The summed E-state index contributed by atoms with van der Waals surface area (Å²) in [4.78, 5) is 12.4. The van der Waals surface area contributed by atoms with Crippen molar-refractivity contribution in [1.82, 2.24) is 15.1 Å². The molecule has 1 amide bonds. The Morgan fingerprint density at radius 1 is 1.38 bits per heavy atom. The molecule has 0 saturated heterocycles. The molecule has 21 heavy (non-hydrogen) atoms. The molecule has 0 spiro atoms. The first kappa shape index (κ1) is 15.3. The predicted octanol–water partition coefficient (Wildman–Crippen LogP) is 2.16. The molecule has 5 nitrogen and oxygen atoms in total. The monoisotopic (exact) mass is 286 g/mol. The Bertz CT molecular complexity index is 616. The minimum Gasteiger partial charge on any atom is -0.344 e. The Balaban J connectivity index is 2.10. The van der Waals surface area contributed by atoms with Crippen molar-refractivity contribution in [2.75, 3.05) is 0 Å². The lowest BCUT2D eigenvalue weighted by molar-refractivity contribution is 0.0929. The molecule has 1 aromatic heterocycles. The first-order valence-corrected chi connectivity index (χ1v) is 7.19. The van der Waals surface area contributed by atoms with Gasteiger partial charge < -0.3 is 11.1 Å². The topological polar surface area (TPSA) is 72.9 Å². The lowest BCUT2D eigenvalue weighted by Gasteiger charge is -2.15. The highest BCUT2D eigenvalue weighted by Crippen LogP contribution is 2.14. The largest absolute Gasteiger partial charge is 0.344 e. The molecular formula is C16H22N4O. The van der Waals surface area contributed by atoms with E-state index in [0.717, 1.165) is 16.8 Å². The zero-order valence-corrected chi connectivity index (χ0v) is 12.8. The van der Waals surface area contributed by atoms with Gasteiger partial charge in [0.2, 0.25) is 0 Å². The SMILES string of the molecule is CCn1nc(C)cc1C(=O)NC(C)c1ccc(CN)cc1. The predicted molar refractivity (Wildman–Crippen MR) is 82.9 cm³/mol. The first-order chi connectivity index (χ1) is 10.0. The average Bonchev–Trinajstić information content (AvgIpc) is 2.88. The molecule has 3 N–H and O–H groups in total. The lowest BCUT2D eigenvalue weighted by Crippen LogP contribution is -2.28. The summed E-state index contributed by atoms with van der Waals surface area (Å²) in [6.45, 7) is 7.02. The lowest BCUT2D eigenvalue weighted by atomic mass is 10.1. The number of hydrogen-bond donors (Lipinski definition) is 2.